The monoisotopic (exact) mass is 467 g/mol. The van der Waals surface area contributed by atoms with Crippen LogP contribution in [-0.2, 0) is 22.1 Å². The summed E-state index contributed by atoms with van der Waals surface area (Å²) in [5.41, 5.74) is 6.65. The van der Waals surface area contributed by atoms with Gasteiger partial charge in [0.2, 0.25) is 0 Å². The third-order valence-corrected chi connectivity index (χ3v) is 6.85. The quantitative estimate of drug-likeness (QED) is 0.269. The number of rotatable bonds is 10. The first-order valence-electron chi connectivity index (χ1n) is 11.2. The van der Waals surface area contributed by atoms with Crippen LogP contribution in [0.2, 0.25) is 0 Å². The van der Waals surface area contributed by atoms with E-state index < -0.39 is 8.18 Å². The van der Waals surface area contributed by atoms with Crippen molar-refractivity contribution < 1.29 is 18.9 Å². The molecule has 0 fully saturated rings. The Balaban J connectivity index is 1.60. The van der Waals surface area contributed by atoms with Gasteiger partial charge in [0.1, 0.15) is 18.2 Å². The van der Waals surface area contributed by atoms with Crippen LogP contribution in [0.1, 0.15) is 53.1 Å². The van der Waals surface area contributed by atoms with Crippen molar-refractivity contribution in [2.24, 2.45) is 0 Å². The predicted octanol–water partition coefficient (Wildman–Crippen LogP) is 6.60. The van der Waals surface area contributed by atoms with E-state index in [1.54, 1.807) is 17.8 Å². The lowest BCUT2D eigenvalue weighted by molar-refractivity contribution is 0.195. The molecule has 1 atom stereocenters. The van der Waals surface area contributed by atoms with E-state index in [0.717, 1.165) is 34.4 Å². The van der Waals surface area contributed by atoms with E-state index in [4.69, 9.17) is 9.26 Å². The fourth-order valence-corrected chi connectivity index (χ4v) is 4.43. The first-order chi connectivity index (χ1) is 15.7. The van der Waals surface area contributed by atoms with Crippen molar-refractivity contribution in [3.8, 4) is 11.5 Å². The van der Waals surface area contributed by atoms with E-state index in [0.29, 0.717) is 12.4 Å². The van der Waals surface area contributed by atoms with Crippen molar-refractivity contribution in [1.29, 1.82) is 0 Å². The molecular weight excluding hydrogens is 433 g/mol. The smallest absolute Gasteiger partial charge is 0.263 e. The van der Waals surface area contributed by atoms with Gasteiger partial charge in [0.25, 0.3) is 8.18 Å². The highest BCUT2D eigenvalue weighted by Crippen LogP contribution is 2.31. The number of aromatic hydroxyl groups is 1. The molecule has 0 spiro atoms. The molecule has 0 bridgehead atoms. The molecule has 33 heavy (non-hydrogen) atoms. The van der Waals surface area contributed by atoms with Crippen LogP contribution in [0, 0.1) is 13.8 Å². The average molecular weight is 468 g/mol. The molecule has 0 aromatic heterocycles. The van der Waals surface area contributed by atoms with E-state index in [-0.39, 0.29) is 12.6 Å². The van der Waals surface area contributed by atoms with Crippen LogP contribution >= 0.6 is 8.18 Å². The molecule has 5 nitrogen and oxygen atoms in total. The van der Waals surface area contributed by atoms with Crippen molar-refractivity contribution in [2.45, 2.75) is 46.6 Å². The third kappa shape index (κ3) is 6.94. The molecule has 1 unspecified atom stereocenters. The molecule has 3 aromatic carbocycles. The average Bonchev–Trinajstić information content (AvgIpc) is 2.79. The summed E-state index contributed by atoms with van der Waals surface area (Å²) in [5.74, 6) is 1.36. The van der Waals surface area contributed by atoms with Crippen LogP contribution in [-0.4, -0.2) is 23.6 Å². The Morgan fingerprint density at radius 1 is 0.970 bits per heavy atom. The molecule has 0 saturated heterocycles. The van der Waals surface area contributed by atoms with Crippen molar-refractivity contribution >= 4 is 8.18 Å². The Morgan fingerprint density at radius 3 is 2.27 bits per heavy atom. The van der Waals surface area contributed by atoms with E-state index in [2.05, 4.69) is 33.8 Å². The van der Waals surface area contributed by atoms with Gasteiger partial charge in [-0.25, -0.2) is 4.67 Å². The molecule has 0 saturated carbocycles. The number of ether oxygens (including phenoxy) is 1. The second-order valence-electron chi connectivity index (χ2n) is 8.77. The van der Waals surface area contributed by atoms with Gasteiger partial charge >= 0.3 is 0 Å². The summed E-state index contributed by atoms with van der Waals surface area (Å²) in [6.07, 6.45) is 0.791. The minimum Gasteiger partial charge on any atom is -0.508 e. The Morgan fingerprint density at radius 2 is 1.64 bits per heavy atom. The lowest BCUT2D eigenvalue weighted by Crippen LogP contribution is -2.17. The predicted molar refractivity (Wildman–Crippen MR) is 134 cm³/mol. The largest absolute Gasteiger partial charge is 0.508 e. The van der Waals surface area contributed by atoms with Gasteiger partial charge in [0.05, 0.1) is 6.61 Å². The maximum atomic E-state index is 12.4. The van der Waals surface area contributed by atoms with Gasteiger partial charge in [-0.3, -0.25) is 4.57 Å². The molecule has 0 aliphatic heterocycles. The number of aryl methyl sites for hydroxylation is 2. The Bertz CT molecular complexity index is 1080. The van der Waals surface area contributed by atoms with Crippen LogP contribution in [0.25, 0.3) is 0 Å². The highest BCUT2D eigenvalue weighted by Gasteiger charge is 2.13. The number of hydrogen-bond donors (Lipinski definition) is 1. The SMILES string of the molecule is Cc1cc(OCN(C)[PH](=O)OCc2ccccc2)cc(C)c1Cc1ccc(O)c(C(C)C)c1. The van der Waals surface area contributed by atoms with Crippen LogP contribution in [0.3, 0.4) is 0 Å². The zero-order valence-electron chi connectivity index (χ0n) is 20.1. The number of nitrogens with zero attached hydrogens (tertiary/aromatic N) is 1. The Hall–Kier alpha value is -2.59. The fourth-order valence-electron chi connectivity index (χ4n) is 3.75. The summed E-state index contributed by atoms with van der Waals surface area (Å²) in [7, 11) is -0.646. The lowest BCUT2D eigenvalue weighted by atomic mass is 9.93. The van der Waals surface area contributed by atoms with Gasteiger partial charge in [-0.15, -0.1) is 0 Å². The first-order valence-corrected chi connectivity index (χ1v) is 12.5. The molecule has 176 valence electrons. The number of hydrogen-bond acceptors (Lipinski definition) is 4. The van der Waals surface area contributed by atoms with Gasteiger partial charge < -0.3 is 14.4 Å². The molecule has 0 heterocycles. The Kier molecular flexibility index (Phi) is 8.74. The summed E-state index contributed by atoms with van der Waals surface area (Å²) in [4.78, 5) is 0. The maximum Gasteiger partial charge on any atom is 0.263 e. The molecule has 0 amide bonds. The highest BCUT2D eigenvalue weighted by molar-refractivity contribution is 7.36. The van der Waals surface area contributed by atoms with Crippen molar-refractivity contribution in [1.82, 2.24) is 4.67 Å². The highest BCUT2D eigenvalue weighted by atomic mass is 31.1. The van der Waals surface area contributed by atoms with Crippen LogP contribution < -0.4 is 4.74 Å². The molecule has 0 radical (unpaired) electrons. The summed E-state index contributed by atoms with van der Waals surface area (Å²) < 4.78 is 25.4. The van der Waals surface area contributed by atoms with Gasteiger partial charge in [-0.1, -0.05) is 56.3 Å². The minimum atomic E-state index is -2.38. The van der Waals surface area contributed by atoms with Crippen LogP contribution in [0.15, 0.2) is 60.7 Å². The second kappa shape index (κ2) is 11.5. The standard InChI is InChI=1S/C27H34NO4P/c1-19(2)25-15-23(11-12-27(25)29)16-26-20(3)13-24(14-21(26)4)31-18-28(5)33(30)32-17-22-9-7-6-8-10-22/h6-15,19,29,33H,16-18H2,1-5H3. The third-order valence-electron chi connectivity index (χ3n) is 5.71. The van der Waals surface area contributed by atoms with Crippen molar-refractivity contribution in [2.75, 3.05) is 13.8 Å². The molecule has 3 rings (SSSR count). The molecule has 0 aliphatic carbocycles. The Labute approximate surface area is 197 Å². The van der Waals surface area contributed by atoms with E-state index in [1.807, 2.05) is 48.5 Å². The van der Waals surface area contributed by atoms with E-state index in [1.165, 1.54) is 11.1 Å². The second-order valence-corrected chi connectivity index (χ2v) is 10.4. The summed E-state index contributed by atoms with van der Waals surface area (Å²) in [5, 5.41) is 10.1. The van der Waals surface area contributed by atoms with Gasteiger partial charge in [0, 0.05) is 0 Å². The van der Waals surface area contributed by atoms with E-state index >= 15 is 0 Å². The fraction of sp³-hybridized carbons (Fsp3) is 0.333. The summed E-state index contributed by atoms with van der Waals surface area (Å²) in [6.45, 7) is 8.81. The topological polar surface area (TPSA) is 59.0 Å². The molecule has 3 aromatic rings. The number of phenolic OH excluding ortho intramolecular Hbond substituents is 1. The molecule has 1 N–H and O–H groups in total. The number of phenols is 1. The lowest BCUT2D eigenvalue weighted by Gasteiger charge is -2.19. The van der Waals surface area contributed by atoms with Gasteiger partial charge in [-0.2, -0.15) is 0 Å². The van der Waals surface area contributed by atoms with Crippen molar-refractivity contribution in [3.63, 3.8) is 0 Å². The molecular formula is C27H34NO4P. The summed E-state index contributed by atoms with van der Waals surface area (Å²) >= 11 is 0. The maximum absolute atomic E-state index is 12.4. The molecule has 0 aliphatic rings. The van der Waals surface area contributed by atoms with E-state index in [9.17, 15) is 9.67 Å². The normalized spacial score (nSPS) is 12.3. The molecule has 6 heteroatoms. The first kappa shape index (κ1) is 25.0. The number of benzene rings is 3. The minimum absolute atomic E-state index is 0.181. The zero-order chi connectivity index (χ0) is 24.0. The zero-order valence-corrected chi connectivity index (χ0v) is 21.1. The summed E-state index contributed by atoms with van der Waals surface area (Å²) in [6, 6.07) is 19.6. The van der Waals surface area contributed by atoms with Gasteiger partial charge in [0.15, 0.2) is 0 Å². The van der Waals surface area contributed by atoms with Gasteiger partial charge in [-0.05, 0) is 84.8 Å². The van der Waals surface area contributed by atoms with Crippen LogP contribution in [0.4, 0.5) is 0 Å². The van der Waals surface area contributed by atoms with Crippen molar-refractivity contribution in [3.05, 3.63) is 94.0 Å². The van der Waals surface area contributed by atoms with Crippen LogP contribution in [0.5, 0.6) is 11.5 Å².